The van der Waals surface area contributed by atoms with E-state index in [2.05, 4.69) is 20.6 Å². The zero-order valence-electron chi connectivity index (χ0n) is 11.6. The Bertz CT molecular complexity index is 369. The van der Waals surface area contributed by atoms with Gasteiger partial charge >= 0.3 is 0 Å². The van der Waals surface area contributed by atoms with Crippen LogP contribution in [0.4, 0.5) is 5.69 Å². The summed E-state index contributed by atoms with van der Waals surface area (Å²) in [5.41, 5.74) is 3.51. The molecule has 1 aromatic rings. The molecule has 0 saturated heterocycles. The van der Waals surface area contributed by atoms with Crippen molar-refractivity contribution in [1.29, 1.82) is 0 Å². The third-order valence-corrected chi connectivity index (χ3v) is 2.60. The van der Waals surface area contributed by atoms with Gasteiger partial charge in [0.2, 0.25) is 5.96 Å². The molecule has 0 atom stereocenters. The fraction of sp³-hybridized carbons (Fsp3) is 0.462. The Kier molecular flexibility index (Phi) is 7.57. The molecule has 4 N–H and O–H groups in total. The number of anilines is 1. The first kappa shape index (κ1) is 15.4. The number of nitrogens with two attached hydrogens (primary N) is 1. The largest absolute Gasteiger partial charge is 0.383 e. The van der Waals surface area contributed by atoms with Gasteiger partial charge in [0.05, 0.1) is 13.2 Å². The third kappa shape index (κ3) is 6.76. The highest BCUT2D eigenvalue weighted by Crippen LogP contribution is 2.03. The number of para-hydroxylation sites is 1. The molecule has 106 valence electrons. The average molecular weight is 265 g/mol. The van der Waals surface area contributed by atoms with Gasteiger partial charge in [0, 0.05) is 25.9 Å². The lowest BCUT2D eigenvalue weighted by atomic mass is 10.3. The first-order chi connectivity index (χ1) is 9.26. The lowest BCUT2D eigenvalue weighted by Crippen LogP contribution is -2.37. The number of aliphatic imine (C=N–C) groups is 1. The molecule has 6 nitrogen and oxygen atoms in total. The molecule has 0 fully saturated rings. The van der Waals surface area contributed by atoms with Crippen LogP contribution in [0.25, 0.3) is 0 Å². The van der Waals surface area contributed by atoms with Crippen LogP contribution >= 0.6 is 0 Å². The Labute approximate surface area is 114 Å². The number of ether oxygens (including phenoxy) is 1. The van der Waals surface area contributed by atoms with E-state index in [9.17, 15) is 0 Å². The van der Waals surface area contributed by atoms with Crippen LogP contribution in [-0.2, 0) is 4.74 Å². The van der Waals surface area contributed by atoms with Crippen LogP contribution in [0.15, 0.2) is 35.3 Å². The second-order valence-electron chi connectivity index (χ2n) is 4.16. The number of rotatable bonds is 7. The summed E-state index contributed by atoms with van der Waals surface area (Å²) in [7, 11) is 3.74. The van der Waals surface area contributed by atoms with Gasteiger partial charge in [0.15, 0.2) is 0 Å². The van der Waals surface area contributed by atoms with E-state index in [1.807, 2.05) is 37.4 Å². The Morgan fingerprint density at radius 2 is 2.05 bits per heavy atom. The molecule has 0 spiro atoms. The van der Waals surface area contributed by atoms with Crippen molar-refractivity contribution < 1.29 is 4.74 Å². The van der Waals surface area contributed by atoms with E-state index in [0.29, 0.717) is 12.5 Å². The summed E-state index contributed by atoms with van der Waals surface area (Å²) in [5.74, 6) is 6.00. The maximum absolute atomic E-state index is 5.44. The molecule has 1 rings (SSSR count). The van der Waals surface area contributed by atoms with Crippen LogP contribution < -0.4 is 16.6 Å². The molecule has 0 unspecified atom stereocenters. The first-order valence-electron chi connectivity index (χ1n) is 6.27. The summed E-state index contributed by atoms with van der Waals surface area (Å²) < 4.78 is 5.02. The fourth-order valence-electron chi connectivity index (χ4n) is 1.47. The monoisotopic (exact) mass is 265 g/mol. The van der Waals surface area contributed by atoms with Crippen molar-refractivity contribution in [2.45, 2.75) is 0 Å². The van der Waals surface area contributed by atoms with Gasteiger partial charge in [-0.05, 0) is 19.2 Å². The summed E-state index contributed by atoms with van der Waals surface area (Å²) in [6.07, 6.45) is 0. The average Bonchev–Trinajstić information content (AvgIpc) is 2.45. The number of nitrogens with one attached hydrogen (secondary N) is 2. The van der Waals surface area contributed by atoms with Crippen molar-refractivity contribution in [1.82, 2.24) is 10.3 Å². The van der Waals surface area contributed by atoms with E-state index in [0.717, 1.165) is 25.4 Å². The maximum Gasteiger partial charge on any atom is 0.210 e. The van der Waals surface area contributed by atoms with Gasteiger partial charge in [-0.1, -0.05) is 18.2 Å². The number of hydrogen-bond acceptors (Lipinski definition) is 4. The molecule has 0 bridgehead atoms. The Morgan fingerprint density at radius 1 is 1.32 bits per heavy atom. The molecule has 0 saturated carbocycles. The van der Waals surface area contributed by atoms with Crippen molar-refractivity contribution in [3.05, 3.63) is 30.3 Å². The summed E-state index contributed by atoms with van der Waals surface area (Å²) in [6.45, 7) is 3.14. The molecule has 0 amide bonds. The highest BCUT2D eigenvalue weighted by molar-refractivity contribution is 5.93. The van der Waals surface area contributed by atoms with E-state index in [4.69, 9.17) is 10.6 Å². The van der Waals surface area contributed by atoms with Crippen LogP contribution in [0.3, 0.4) is 0 Å². The van der Waals surface area contributed by atoms with Crippen molar-refractivity contribution >= 4 is 11.6 Å². The Hall–Kier alpha value is -1.63. The molecule has 0 aliphatic heterocycles. The topological polar surface area (TPSA) is 74.9 Å². The van der Waals surface area contributed by atoms with Crippen LogP contribution in [0.5, 0.6) is 0 Å². The molecule has 0 heterocycles. The molecule has 19 heavy (non-hydrogen) atoms. The van der Waals surface area contributed by atoms with Gasteiger partial charge in [0.1, 0.15) is 0 Å². The van der Waals surface area contributed by atoms with Gasteiger partial charge in [-0.25, -0.2) is 5.84 Å². The molecule has 1 aromatic carbocycles. The second kappa shape index (κ2) is 9.32. The standard InChI is InChI=1S/C13H23N5O/c1-18(10-11-19-2)9-8-15-13(17-14)16-12-6-4-3-5-7-12/h3-7H,8-11,14H2,1-2H3,(H2,15,16,17). The summed E-state index contributed by atoms with van der Waals surface area (Å²) in [6, 6.07) is 9.78. The van der Waals surface area contributed by atoms with E-state index >= 15 is 0 Å². The van der Waals surface area contributed by atoms with Gasteiger partial charge < -0.3 is 15.0 Å². The number of guanidine groups is 1. The summed E-state index contributed by atoms with van der Waals surface area (Å²) in [5, 5.41) is 3.12. The Balaban J connectivity index is 2.36. The van der Waals surface area contributed by atoms with Gasteiger partial charge in [-0.3, -0.25) is 10.4 Å². The first-order valence-corrected chi connectivity index (χ1v) is 6.27. The smallest absolute Gasteiger partial charge is 0.210 e. The van der Waals surface area contributed by atoms with Crippen LogP contribution in [-0.4, -0.2) is 51.3 Å². The minimum Gasteiger partial charge on any atom is -0.383 e. The summed E-state index contributed by atoms with van der Waals surface area (Å²) >= 11 is 0. The highest BCUT2D eigenvalue weighted by atomic mass is 16.5. The van der Waals surface area contributed by atoms with Crippen molar-refractivity contribution in [2.75, 3.05) is 45.7 Å². The SMILES string of the molecule is COCCN(C)CCN=C(NN)Nc1ccccc1. The van der Waals surface area contributed by atoms with Gasteiger partial charge in [-0.15, -0.1) is 0 Å². The van der Waals surface area contributed by atoms with Crippen molar-refractivity contribution in [3.8, 4) is 0 Å². The van der Waals surface area contributed by atoms with Crippen molar-refractivity contribution in [2.24, 2.45) is 10.8 Å². The van der Waals surface area contributed by atoms with Crippen LogP contribution in [0, 0.1) is 0 Å². The van der Waals surface area contributed by atoms with E-state index in [1.165, 1.54) is 0 Å². The van der Waals surface area contributed by atoms with E-state index in [1.54, 1.807) is 7.11 Å². The number of likely N-dealkylation sites (N-methyl/N-ethyl adjacent to an activating group) is 1. The van der Waals surface area contributed by atoms with Crippen LogP contribution in [0.1, 0.15) is 0 Å². The van der Waals surface area contributed by atoms with Gasteiger partial charge in [0.25, 0.3) is 0 Å². The van der Waals surface area contributed by atoms with Crippen LogP contribution in [0.2, 0.25) is 0 Å². The number of benzene rings is 1. The normalized spacial score (nSPS) is 11.7. The molecule has 0 aromatic heterocycles. The molecular formula is C13H23N5O. The molecule has 0 aliphatic rings. The molecule has 6 heteroatoms. The van der Waals surface area contributed by atoms with Gasteiger partial charge in [-0.2, -0.15) is 0 Å². The third-order valence-electron chi connectivity index (χ3n) is 2.60. The fourth-order valence-corrected chi connectivity index (χ4v) is 1.47. The summed E-state index contributed by atoms with van der Waals surface area (Å²) in [4.78, 5) is 6.53. The molecular weight excluding hydrogens is 242 g/mol. The minimum absolute atomic E-state index is 0.561. The second-order valence-corrected chi connectivity index (χ2v) is 4.16. The maximum atomic E-state index is 5.44. The number of methoxy groups -OCH3 is 1. The minimum atomic E-state index is 0.561. The lowest BCUT2D eigenvalue weighted by molar-refractivity contribution is 0.163. The molecule has 0 aliphatic carbocycles. The predicted molar refractivity (Wildman–Crippen MR) is 79.1 cm³/mol. The zero-order valence-corrected chi connectivity index (χ0v) is 11.6. The van der Waals surface area contributed by atoms with E-state index < -0.39 is 0 Å². The quantitative estimate of drug-likeness (QED) is 0.290. The van der Waals surface area contributed by atoms with Crippen molar-refractivity contribution in [3.63, 3.8) is 0 Å². The van der Waals surface area contributed by atoms with E-state index in [-0.39, 0.29) is 0 Å². The zero-order chi connectivity index (χ0) is 13.9. The predicted octanol–water partition coefficient (Wildman–Crippen LogP) is 0.496. The lowest BCUT2D eigenvalue weighted by Gasteiger charge is -2.15. The number of hydrazine groups is 1. The highest BCUT2D eigenvalue weighted by Gasteiger charge is 1.99. The Morgan fingerprint density at radius 3 is 2.68 bits per heavy atom. The number of hydrogen-bond donors (Lipinski definition) is 3. The number of nitrogens with zero attached hydrogens (tertiary/aromatic N) is 2. The molecule has 0 radical (unpaired) electrons.